The van der Waals surface area contributed by atoms with Crippen LogP contribution >= 0.6 is 0 Å². The van der Waals surface area contributed by atoms with Crippen LogP contribution in [0.25, 0.3) is 0 Å². The van der Waals surface area contributed by atoms with E-state index in [1.54, 1.807) is 18.2 Å². The van der Waals surface area contributed by atoms with Gasteiger partial charge >= 0.3 is 6.03 Å². The summed E-state index contributed by atoms with van der Waals surface area (Å²) in [5, 5.41) is 16.2. The van der Waals surface area contributed by atoms with Gasteiger partial charge in [-0.15, -0.1) is 0 Å². The number of anilines is 1. The first-order valence-electron chi connectivity index (χ1n) is 11.1. The van der Waals surface area contributed by atoms with Crippen LogP contribution in [0.3, 0.4) is 0 Å². The first-order chi connectivity index (χ1) is 17.6. The maximum absolute atomic E-state index is 13.2. The molecule has 0 radical (unpaired) electrons. The number of carbonyl (C=O) groups is 5. The van der Waals surface area contributed by atoms with Crippen molar-refractivity contribution >= 4 is 40.8 Å². The van der Waals surface area contributed by atoms with Gasteiger partial charge in [0.05, 0.1) is 16.2 Å². The number of imide groups is 1. The van der Waals surface area contributed by atoms with Crippen molar-refractivity contribution in [1.29, 1.82) is 0 Å². The number of rotatable bonds is 5. The molecule has 1 saturated heterocycles. The molecule has 0 saturated carbocycles. The second-order valence-corrected chi connectivity index (χ2v) is 8.73. The smallest absolute Gasteiger partial charge is 0.324 e. The highest BCUT2D eigenvalue weighted by Gasteiger charge is 2.50. The van der Waals surface area contributed by atoms with Crippen LogP contribution in [0.15, 0.2) is 66.7 Å². The van der Waals surface area contributed by atoms with Gasteiger partial charge in [0, 0.05) is 28.8 Å². The monoisotopic (exact) mass is 498 g/mol. The van der Waals surface area contributed by atoms with Crippen molar-refractivity contribution in [2.45, 2.75) is 12.5 Å². The third-order valence-electron chi connectivity index (χ3n) is 6.44. The molecule has 3 aromatic carbocycles. The van der Waals surface area contributed by atoms with E-state index in [0.29, 0.717) is 4.90 Å². The quantitative estimate of drug-likeness (QED) is 0.243. The number of benzene rings is 3. The fourth-order valence-electron chi connectivity index (χ4n) is 4.55. The van der Waals surface area contributed by atoms with Gasteiger partial charge < -0.3 is 10.6 Å². The molecule has 0 spiro atoms. The maximum Gasteiger partial charge on any atom is 0.325 e. The van der Waals surface area contributed by atoms with Crippen molar-refractivity contribution in [3.8, 4) is 0 Å². The van der Waals surface area contributed by atoms with Crippen LogP contribution in [0.1, 0.15) is 44.3 Å². The van der Waals surface area contributed by atoms with Crippen LogP contribution in [0, 0.1) is 10.1 Å². The molecule has 1 fully saturated rings. The summed E-state index contributed by atoms with van der Waals surface area (Å²) in [7, 11) is 0. The zero-order chi connectivity index (χ0) is 26.5. The van der Waals surface area contributed by atoms with Crippen molar-refractivity contribution in [2.24, 2.45) is 0 Å². The topological polar surface area (TPSA) is 156 Å². The highest BCUT2D eigenvalue weighted by atomic mass is 16.6. The zero-order valence-corrected chi connectivity index (χ0v) is 19.3. The van der Waals surface area contributed by atoms with Gasteiger partial charge in [0.1, 0.15) is 12.1 Å². The van der Waals surface area contributed by atoms with Gasteiger partial charge in [0.2, 0.25) is 5.91 Å². The SMILES string of the molecule is CC1(c2cccc([N+](=O)[O-])c2)NC(=O)N(CC(=O)Nc2cccc3c2C(=O)c2ccccc2C3=O)C1=O. The van der Waals surface area contributed by atoms with E-state index in [1.807, 2.05) is 0 Å². The average molecular weight is 498 g/mol. The number of nitro groups is 1. The number of hydrogen-bond acceptors (Lipinski definition) is 7. The van der Waals surface area contributed by atoms with Crippen molar-refractivity contribution in [1.82, 2.24) is 10.2 Å². The summed E-state index contributed by atoms with van der Waals surface area (Å²) in [6.45, 7) is 0.705. The lowest BCUT2D eigenvalue weighted by Crippen LogP contribution is -2.42. The molecule has 11 heteroatoms. The summed E-state index contributed by atoms with van der Waals surface area (Å²) in [6, 6.07) is 15.3. The van der Waals surface area contributed by atoms with E-state index in [-0.39, 0.29) is 45.0 Å². The van der Waals surface area contributed by atoms with Crippen molar-refractivity contribution in [2.75, 3.05) is 11.9 Å². The Morgan fingerprint density at radius 2 is 1.59 bits per heavy atom. The molecule has 1 aliphatic heterocycles. The number of urea groups is 1. The Morgan fingerprint density at radius 1 is 0.946 bits per heavy atom. The number of nitro benzene ring substituents is 1. The highest BCUT2D eigenvalue weighted by Crippen LogP contribution is 2.33. The van der Waals surface area contributed by atoms with Crippen LogP contribution in [0.4, 0.5) is 16.2 Å². The number of non-ortho nitro benzene ring substituents is 1. The summed E-state index contributed by atoms with van der Waals surface area (Å²) < 4.78 is 0. The van der Waals surface area contributed by atoms with E-state index < -0.39 is 40.6 Å². The molecule has 5 rings (SSSR count). The third-order valence-corrected chi connectivity index (χ3v) is 6.44. The minimum atomic E-state index is -1.62. The minimum absolute atomic E-state index is 0.0261. The average Bonchev–Trinajstić information content (AvgIpc) is 3.11. The molecule has 3 aromatic rings. The Labute approximate surface area is 209 Å². The first kappa shape index (κ1) is 23.5. The molecular formula is C26H18N4O7. The van der Waals surface area contributed by atoms with E-state index in [1.165, 1.54) is 55.5 Å². The Bertz CT molecular complexity index is 1560. The van der Waals surface area contributed by atoms with Crippen LogP contribution in [-0.4, -0.2) is 45.8 Å². The van der Waals surface area contributed by atoms with Gasteiger partial charge in [0.25, 0.3) is 11.6 Å². The largest absolute Gasteiger partial charge is 0.325 e. The molecule has 1 aliphatic carbocycles. The fraction of sp³-hybridized carbons (Fsp3) is 0.115. The second-order valence-electron chi connectivity index (χ2n) is 8.73. The van der Waals surface area contributed by atoms with Gasteiger partial charge in [-0.05, 0) is 18.6 Å². The molecule has 0 bridgehead atoms. The number of amides is 4. The van der Waals surface area contributed by atoms with E-state index in [2.05, 4.69) is 10.6 Å². The van der Waals surface area contributed by atoms with E-state index in [9.17, 15) is 34.1 Å². The predicted octanol–water partition coefficient (Wildman–Crippen LogP) is 2.78. The third kappa shape index (κ3) is 3.73. The lowest BCUT2D eigenvalue weighted by atomic mass is 9.83. The molecule has 1 atom stereocenters. The fourth-order valence-corrected chi connectivity index (χ4v) is 4.55. The summed E-state index contributed by atoms with van der Waals surface area (Å²) in [5.41, 5.74) is -0.987. The molecule has 1 heterocycles. The van der Waals surface area contributed by atoms with Crippen LogP contribution in [0.2, 0.25) is 0 Å². The molecule has 11 nitrogen and oxygen atoms in total. The standard InChI is InChI=1S/C26H18N4O7/c1-26(14-6-4-7-15(12-14)30(36)37)24(34)29(25(35)28-26)13-20(31)27-19-11-5-10-18-21(19)23(33)17-9-3-2-8-16(17)22(18)32/h2-12H,13H2,1H3,(H,27,31)(H,28,35). The van der Waals surface area contributed by atoms with Crippen molar-refractivity contribution in [3.05, 3.63) is 105 Å². The van der Waals surface area contributed by atoms with E-state index in [4.69, 9.17) is 0 Å². The lowest BCUT2D eigenvalue weighted by Gasteiger charge is -2.22. The molecule has 37 heavy (non-hydrogen) atoms. The number of fused-ring (bicyclic) bond motifs is 2. The van der Waals surface area contributed by atoms with Crippen molar-refractivity contribution < 1.29 is 28.9 Å². The maximum atomic E-state index is 13.2. The Balaban J connectivity index is 1.39. The Morgan fingerprint density at radius 3 is 2.30 bits per heavy atom. The summed E-state index contributed by atoms with van der Waals surface area (Å²) in [5.74, 6) is -2.35. The molecule has 2 aliphatic rings. The van der Waals surface area contributed by atoms with Crippen LogP contribution < -0.4 is 10.6 Å². The predicted molar refractivity (Wildman–Crippen MR) is 129 cm³/mol. The lowest BCUT2D eigenvalue weighted by molar-refractivity contribution is -0.385. The molecule has 4 amide bonds. The Kier molecular flexibility index (Phi) is 5.40. The van der Waals surface area contributed by atoms with Crippen LogP contribution in [0.5, 0.6) is 0 Å². The first-order valence-corrected chi connectivity index (χ1v) is 11.1. The zero-order valence-electron chi connectivity index (χ0n) is 19.3. The van der Waals surface area contributed by atoms with Gasteiger partial charge in [-0.3, -0.25) is 34.2 Å². The molecule has 2 N–H and O–H groups in total. The molecule has 184 valence electrons. The summed E-state index contributed by atoms with van der Waals surface area (Å²) in [6.07, 6.45) is 0. The summed E-state index contributed by atoms with van der Waals surface area (Å²) in [4.78, 5) is 76.0. The Hall–Kier alpha value is -5.19. The molecule has 1 unspecified atom stereocenters. The van der Waals surface area contributed by atoms with E-state index in [0.717, 1.165) is 0 Å². The second kappa shape index (κ2) is 8.48. The number of nitrogens with zero attached hydrogens (tertiary/aromatic N) is 2. The minimum Gasteiger partial charge on any atom is -0.324 e. The number of carbonyl (C=O) groups excluding carboxylic acids is 5. The number of nitrogens with one attached hydrogen (secondary N) is 2. The summed E-state index contributed by atoms with van der Waals surface area (Å²) >= 11 is 0. The van der Waals surface area contributed by atoms with Gasteiger partial charge in [-0.1, -0.05) is 48.5 Å². The number of hydrogen-bond donors (Lipinski definition) is 2. The van der Waals surface area contributed by atoms with Gasteiger partial charge in [-0.25, -0.2) is 4.79 Å². The van der Waals surface area contributed by atoms with E-state index >= 15 is 0 Å². The molecule has 0 aromatic heterocycles. The normalized spacial score (nSPS) is 18.2. The van der Waals surface area contributed by atoms with Crippen LogP contribution in [-0.2, 0) is 15.1 Å². The molecular weight excluding hydrogens is 480 g/mol. The van der Waals surface area contributed by atoms with Gasteiger partial charge in [0.15, 0.2) is 11.6 Å². The number of ketones is 2. The highest BCUT2D eigenvalue weighted by molar-refractivity contribution is 6.30. The van der Waals surface area contributed by atoms with Crippen molar-refractivity contribution in [3.63, 3.8) is 0 Å². The van der Waals surface area contributed by atoms with Gasteiger partial charge in [-0.2, -0.15) is 0 Å².